The van der Waals surface area contributed by atoms with E-state index in [2.05, 4.69) is 28.4 Å². The summed E-state index contributed by atoms with van der Waals surface area (Å²) in [5, 5.41) is 9.74. The minimum atomic E-state index is -0.625. The van der Waals surface area contributed by atoms with Gasteiger partial charge in [0.1, 0.15) is 0 Å². The Hall–Kier alpha value is -0.290. The Morgan fingerprint density at radius 1 is 1.36 bits per heavy atom. The number of aliphatic hydroxyl groups is 1. The van der Waals surface area contributed by atoms with Crippen LogP contribution in [-0.4, -0.2) is 31.6 Å². The molecule has 1 atom stereocenters. The van der Waals surface area contributed by atoms with Gasteiger partial charge in [-0.2, -0.15) is 0 Å². The van der Waals surface area contributed by atoms with E-state index >= 15 is 0 Å². The van der Waals surface area contributed by atoms with E-state index in [1.807, 2.05) is 26.0 Å². The van der Waals surface area contributed by atoms with Gasteiger partial charge in [0.25, 0.3) is 0 Å². The quantitative estimate of drug-likeness (QED) is 0.839. The van der Waals surface area contributed by atoms with Gasteiger partial charge in [-0.05, 0) is 0 Å². The number of rotatable bonds is 4. The second kappa shape index (κ2) is 5.56. The van der Waals surface area contributed by atoms with Crippen molar-refractivity contribution in [3.05, 3.63) is 40.5 Å². The van der Waals surface area contributed by atoms with Gasteiger partial charge in [-0.15, -0.1) is 0 Å². The van der Waals surface area contributed by atoms with Crippen molar-refractivity contribution in [1.82, 2.24) is 0 Å². The van der Waals surface area contributed by atoms with E-state index in [9.17, 15) is 5.11 Å². The average molecular weight is 304 g/mol. The fourth-order valence-electron chi connectivity index (χ4n) is 0.876. The van der Waals surface area contributed by atoms with Crippen LogP contribution in [-0.2, 0) is 0 Å². The number of benzene rings is 1. The van der Waals surface area contributed by atoms with E-state index < -0.39 is 5.60 Å². The van der Waals surface area contributed by atoms with E-state index in [1.165, 1.54) is 3.61 Å². The molecule has 1 nitrogen and oxygen atoms in total. The summed E-state index contributed by atoms with van der Waals surface area (Å²) in [5.74, 6) is 0. The van der Waals surface area contributed by atoms with Crippen LogP contribution in [0.4, 0.5) is 0 Å². The molecule has 1 rings (SSSR count). The Labute approximate surface area is 95.9 Å². The number of hydrogen-bond acceptors (Lipinski definition) is 1. The third kappa shape index (κ3) is 4.28. The average Bonchev–Trinajstić information content (AvgIpc) is 2.19. The monoisotopic (exact) mass is 306 g/mol. The summed E-state index contributed by atoms with van der Waals surface area (Å²) in [6, 6.07) is 10.4. The van der Waals surface area contributed by atoms with Crippen molar-refractivity contribution in [1.29, 1.82) is 0 Å². The molecule has 0 saturated carbocycles. The van der Waals surface area contributed by atoms with Crippen molar-refractivity contribution in [2.24, 2.45) is 0 Å². The predicted octanol–water partition coefficient (Wildman–Crippen LogP) is 1.69. The van der Waals surface area contributed by atoms with E-state index in [0.29, 0.717) is 0 Å². The van der Waals surface area contributed by atoms with E-state index in [1.54, 1.807) is 0 Å². The zero-order valence-electron chi connectivity index (χ0n) is 8.60. The third-order valence-corrected chi connectivity index (χ3v) is 4.42. The Bertz CT molecular complexity index is 290. The normalized spacial score (nSPS) is 15.6. The van der Waals surface area contributed by atoms with E-state index in [0.717, 1.165) is 6.42 Å². The molecule has 0 fully saturated rings. The first-order chi connectivity index (χ1) is 6.64. The molecule has 0 spiro atoms. The molecule has 1 N–H and O–H groups in total. The van der Waals surface area contributed by atoms with Gasteiger partial charge in [0, 0.05) is 0 Å². The molecule has 0 aromatic heterocycles. The summed E-state index contributed by atoms with van der Waals surface area (Å²) in [5.41, 5.74) is -0.625. The van der Waals surface area contributed by atoms with Crippen LogP contribution in [0.2, 0.25) is 0 Å². The molecule has 0 heterocycles. The fraction of sp³-hybridized carbons (Fsp3) is 0.333. The Morgan fingerprint density at radius 3 is 2.57 bits per heavy atom. The molecule has 0 aliphatic carbocycles. The van der Waals surface area contributed by atoms with Crippen LogP contribution < -0.4 is 3.61 Å². The summed E-state index contributed by atoms with van der Waals surface area (Å²) in [7, 11) is 0. The van der Waals surface area contributed by atoms with Crippen molar-refractivity contribution < 1.29 is 5.11 Å². The minimum absolute atomic E-state index is 0.263. The Morgan fingerprint density at radius 2 is 2.00 bits per heavy atom. The molecule has 1 aromatic rings. The van der Waals surface area contributed by atoms with Gasteiger partial charge in [-0.1, -0.05) is 0 Å². The van der Waals surface area contributed by atoms with Gasteiger partial charge in [-0.25, -0.2) is 0 Å². The second-order valence-corrected chi connectivity index (χ2v) is 6.24. The van der Waals surface area contributed by atoms with Crippen LogP contribution in [0.25, 0.3) is 0 Å². The first-order valence-electron chi connectivity index (χ1n) is 4.76. The van der Waals surface area contributed by atoms with Gasteiger partial charge in [-0.3, -0.25) is 0 Å². The SMILES string of the molecule is CCC(C)(O)/C=C/[Te]c1ccccc1. The van der Waals surface area contributed by atoms with Crippen molar-refractivity contribution in [3.63, 3.8) is 0 Å². The molecule has 0 saturated heterocycles. The van der Waals surface area contributed by atoms with Crippen molar-refractivity contribution in [2.45, 2.75) is 25.9 Å². The second-order valence-electron chi connectivity index (χ2n) is 3.44. The van der Waals surface area contributed by atoms with Gasteiger partial charge in [0.15, 0.2) is 0 Å². The molecule has 0 radical (unpaired) electrons. The predicted molar refractivity (Wildman–Crippen MR) is 61.9 cm³/mol. The molecular formula is C12H16OTe. The first-order valence-corrected chi connectivity index (χ1v) is 7.27. The van der Waals surface area contributed by atoms with Crippen molar-refractivity contribution >= 4 is 24.5 Å². The van der Waals surface area contributed by atoms with Gasteiger partial charge in [0.2, 0.25) is 0 Å². The molecule has 0 aliphatic rings. The molecule has 0 bridgehead atoms. The van der Waals surface area contributed by atoms with E-state index in [-0.39, 0.29) is 20.9 Å². The topological polar surface area (TPSA) is 20.2 Å². The summed E-state index contributed by atoms with van der Waals surface area (Å²) in [6.45, 7) is 3.84. The summed E-state index contributed by atoms with van der Waals surface area (Å²) in [4.78, 5) is 0. The summed E-state index contributed by atoms with van der Waals surface area (Å²) < 4.78 is 3.56. The maximum absolute atomic E-state index is 9.74. The zero-order valence-corrected chi connectivity index (χ0v) is 10.9. The first kappa shape index (κ1) is 11.8. The van der Waals surface area contributed by atoms with Crippen LogP contribution in [0.15, 0.2) is 40.5 Å². The molecule has 76 valence electrons. The number of hydrogen-bond donors (Lipinski definition) is 1. The molecular weight excluding hydrogens is 288 g/mol. The van der Waals surface area contributed by atoms with Crippen LogP contribution in [0.1, 0.15) is 20.3 Å². The van der Waals surface area contributed by atoms with Crippen LogP contribution >= 0.6 is 0 Å². The molecule has 1 aromatic carbocycles. The van der Waals surface area contributed by atoms with Gasteiger partial charge < -0.3 is 0 Å². The van der Waals surface area contributed by atoms with Crippen molar-refractivity contribution in [2.75, 3.05) is 0 Å². The molecule has 1 unspecified atom stereocenters. The van der Waals surface area contributed by atoms with Gasteiger partial charge in [0.05, 0.1) is 0 Å². The standard InChI is InChI=1S/C12H16OTe/c1-3-12(2,13)9-10-14-11-7-5-4-6-8-11/h4-10,13H,3H2,1-2H3/b10-9+. The molecule has 0 aliphatic heterocycles. The Balaban J connectivity index is 2.49. The molecule has 2 heteroatoms. The zero-order chi connectivity index (χ0) is 10.4. The molecule has 14 heavy (non-hydrogen) atoms. The third-order valence-electron chi connectivity index (χ3n) is 2.09. The Kier molecular flexibility index (Phi) is 4.68. The molecule has 0 amide bonds. The fourth-order valence-corrected chi connectivity index (χ4v) is 3.25. The summed E-state index contributed by atoms with van der Waals surface area (Å²) in [6.07, 6.45) is 2.70. The van der Waals surface area contributed by atoms with Gasteiger partial charge >= 0.3 is 96.0 Å². The van der Waals surface area contributed by atoms with Crippen LogP contribution in [0, 0.1) is 0 Å². The van der Waals surface area contributed by atoms with Crippen molar-refractivity contribution in [3.8, 4) is 0 Å². The van der Waals surface area contributed by atoms with E-state index in [4.69, 9.17) is 0 Å². The van der Waals surface area contributed by atoms with Crippen LogP contribution in [0.5, 0.6) is 0 Å². The summed E-state index contributed by atoms with van der Waals surface area (Å²) >= 11 is -0.263. The van der Waals surface area contributed by atoms with Crippen LogP contribution in [0.3, 0.4) is 0 Å². The maximum atomic E-state index is 9.74.